The fraction of sp³-hybridized carbons (Fsp3) is 0.917. The monoisotopic (exact) mass is 244 g/mol. The lowest BCUT2D eigenvalue weighted by Gasteiger charge is -2.31. The molecule has 0 spiro atoms. The summed E-state index contributed by atoms with van der Waals surface area (Å²) in [4.78, 5) is 13.8. The fourth-order valence-corrected chi connectivity index (χ4v) is 1.97. The summed E-state index contributed by atoms with van der Waals surface area (Å²) in [5.74, 6) is 0.00735. The van der Waals surface area contributed by atoms with Gasteiger partial charge in [0.2, 0.25) is 0 Å². The molecule has 0 amide bonds. The highest BCUT2D eigenvalue weighted by atomic mass is 16.5. The van der Waals surface area contributed by atoms with Crippen molar-refractivity contribution in [2.75, 3.05) is 40.4 Å². The van der Waals surface area contributed by atoms with Crippen molar-refractivity contribution in [2.45, 2.75) is 26.0 Å². The van der Waals surface area contributed by atoms with Gasteiger partial charge in [-0.05, 0) is 13.0 Å². The molecule has 1 heterocycles. The highest BCUT2D eigenvalue weighted by Gasteiger charge is 2.25. The molecule has 1 aliphatic rings. The van der Waals surface area contributed by atoms with Crippen LogP contribution in [0.25, 0.3) is 0 Å². The molecule has 0 aromatic heterocycles. The normalized spacial score (nSPS) is 23.7. The summed E-state index contributed by atoms with van der Waals surface area (Å²) in [5, 5.41) is 3.23. The molecule has 17 heavy (non-hydrogen) atoms. The van der Waals surface area contributed by atoms with Gasteiger partial charge in [0.1, 0.15) is 6.04 Å². The summed E-state index contributed by atoms with van der Waals surface area (Å²) >= 11 is 0. The number of nitrogens with zero attached hydrogens (tertiary/aromatic N) is 1. The number of methoxy groups -OCH3 is 1. The van der Waals surface area contributed by atoms with Crippen molar-refractivity contribution in [3.8, 4) is 0 Å². The molecule has 5 heteroatoms. The van der Waals surface area contributed by atoms with Crippen LogP contribution in [-0.4, -0.2) is 63.4 Å². The molecule has 1 N–H and O–H groups in total. The Labute approximate surface area is 103 Å². The molecule has 0 saturated carbocycles. The number of ether oxygens (including phenoxy) is 2. The average molecular weight is 244 g/mol. The molecule has 5 nitrogen and oxygen atoms in total. The first-order valence-electron chi connectivity index (χ1n) is 6.16. The van der Waals surface area contributed by atoms with Crippen LogP contribution in [0.4, 0.5) is 0 Å². The minimum atomic E-state index is -0.254. The summed E-state index contributed by atoms with van der Waals surface area (Å²) in [6.07, 6.45) is 0.152. The molecule has 0 radical (unpaired) electrons. The van der Waals surface area contributed by atoms with E-state index < -0.39 is 0 Å². The Morgan fingerprint density at radius 2 is 2.29 bits per heavy atom. The van der Waals surface area contributed by atoms with Crippen LogP contribution >= 0.6 is 0 Å². The Kier molecular flexibility index (Phi) is 5.88. The van der Waals surface area contributed by atoms with Crippen molar-refractivity contribution in [3.05, 3.63) is 0 Å². The van der Waals surface area contributed by atoms with Gasteiger partial charge >= 0.3 is 5.97 Å². The van der Waals surface area contributed by atoms with Gasteiger partial charge in [-0.2, -0.15) is 0 Å². The van der Waals surface area contributed by atoms with Gasteiger partial charge < -0.3 is 19.7 Å². The second-order valence-corrected chi connectivity index (χ2v) is 4.91. The maximum absolute atomic E-state index is 11.6. The summed E-state index contributed by atoms with van der Waals surface area (Å²) in [6, 6.07) is -0.254. The Balaban J connectivity index is 2.38. The molecular weight excluding hydrogens is 220 g/mol. The maximum atomic E-state index is 11.6. The Morgan fingerprint density at radius 3 is 2.82 bits per heavy atom. The zero-order chi connectivity index (χ0) is 12.8. The third kappa shape index (κ3) is 4.61. The Bertz CT molecular complexity index is 246. The molecular formula is C12H24N2O3. The van der Waals surface area contributed by atoms with Gasteiger partial charge in [0.15, 0.2) is 0 Å². The van der Waals surface area contributed by atoms with Gasteiger partial charge in [-0.15, -0.1) is 0 Å². The van der Waals surface area contributed by atoms with E-state index in [4.69, 9.17) is 9.47 Å². The zero-order valence-electron chi connectivity index (χ0n) is 11.2. The van der Waals surface area contributed by atoms with Crippen LogP contribution in [0.15, 0.2) is 0 Å². The number of carbonyl (C=O) groups excluding carboxylic acids is 1. The van der Waals surface area contributed by atoms with E-state index in [0.717, 1.165) is 19.7 Å². The number of esters is 1. The summed E-state index contributed by atoms with van der Waals surface area (Å²) in [6.45, 7) is 7.32. The van der Waals surface area contributed by atoms with Crippen molar-refractivity contribution >= 4 is 5.97 Å². The van der Waals surface area contributed by atoms with E-state index in [2.05, 4.69) is 17.3 Å². The van der Waals surface area contributed by atoms with Crippen LogP contribution < -0.4 is 5.32 Å². The van der Waals surface area contributed by atoms with E-state index in [1.807, 2.05) is 13.8 Å². The number of hydrogen-bond donors (Lipinski definition) is 1. The van der Waals surface area contributed by atoms with E-state index in [0.29, 0.717) is 6.54 Å². The summed E-state index contributed by atoms with van der Waals surface area (Å²) in [7, 11) is 3.50. The van der Waals surface area contributed by atoms with Gasteiger partial charge in [0, 0.05) is 19.6 Å². The lowest BCUT2D eigenvalue weighted by atomic mass is 10.0. The van der Waals surface area contributed by atoms with Gasteiger partial charge in [0.25, 0.3) is 0 Å². The van der Waals surface area contributed by atoms with E-state index in [-0.39, 0.29) is 24.0 Å². The molecule has 1 aliphatic heterocycles. The quantitative estimate of drug-likeness (QED) is 0.695. The lowest BCUT2D eigenvalue weighted by molar-refractivity contribution is -0.144. The predicted molar refractivity (Wildman–Crippen MR) is 65.9 cm³/mol. The van der Waals surface area contributed by atoms with E-state index in [1.54, 1.807) is 0 Å². The summed E-state index contributed by atoms with van der Waals surface area (Å²) < 4.78 is 10.4. The van der Waals surface area contributed by atoms with E-state index in [1.165, 1.54) is 7.11 Å². The highest BCUT2D eigenvalue weighted by Crippen LogP contribution is 2.06. The largest absolute Gasteiger partial charge is 0.468 e. The van der Waals surface area contributed by atoms with Crippen LogP contribution in [0.3, 0.4) is 0 Å². The standard InChI is InChI=1S/C12H24N2O3/c1-9(2)11(12(15)16-4)13-7-10-8-14(3)5-6-17-10/h9-11,13H,5-8H2,1-4H3. The third-order valence-corrected chi connectivity index (χ3v) is 3.03. The van der Waals surface area contributed by atoms with Crippen molar-refractivity contribution < 1.29 is 14.3 Å². The molecule has 0 aliphatic carbocycles. The number of rotatable bonds is 5. The fourth-order valence-electron chi connectivity index (χ4n) is 1.97. The SMILES string of the molecule is COC(=O)C(NCC1CN(C)CCO1)C(C)C. The van der Waals surface area contributed by atoms with Crippen LogP contribution in [0.2, 0.25) is 0 Å². The maximum Gasteiger partial charge on any atom is 0.323 e. The molecule has 1 rings (SSSR count). The van der Waals surface area contributed by atoms with Crippen LogP contribution in [0.5, 0.6) is 0 Å². The first-order valence-corrected chi connectivity index (χ1v) is 6.16. The van der Waals surface area contributed by atoms with Gasteiger partial charge in [0.05, 0.1) is 19.8 Å². The molecule has 0 aromatic carbocycles. The Morgan fingerprint density at radius 1 is 1.59 bits per heavy atom. The highest BCUT2D eigenvalue weighted by molar-refractivity contribution is 5.75. The minimum Gasteiger partial charge on any atom is -0.468 e. The second-order valence-electron chi connectivity index (χ2n) is 4.91. The number of morpholine rings is 1. The van der Waals surface area contributed by atoms with Gasteiger partial charge in [-0.3, -0.25) is 4.79 Å². The molecule has 2 unspecified atom stereocenters. The number of hydrogen-bond acceptors (Lipinski definition) is 5. The number of carbonyl (C=O) groups is 1. The number of nitrogens with one attached hydrogen (secondary N) is 1. The van der Waals surface area contributed by atoms with Crippen molar-refractivity contribution in [3.63, 3.8) is 0 Å². The van der Waals surface area contributed by atoms with Crippen molar-refractivity contribution in [1.82, 2.24) is 10.2 Å². The smallest absolute Gasteiger partial charge is 0.323 e. The molecule has 1 saturated heterocycles. The van der Waals surface area contributed by atoms with E-state index >= 15 is 0 Å². The minimum absolute atomic E-state index is 0.152. The molecule has 1 fully saturated rings. The predicted octanol–water partition coefficient (Wildman–Crippen LogP) is 0.104. The Hall–Kier alpha value is -0.650. The lowest BCUT2D eigenvalue weighted by Crippen LogP contribution is -2.50. The molecule has 100 valence electrons. The molecule has 0 bridgehead atoms. The topological polar surface area (TPSA) is 50.8 Å². The van der Waals surface area contributed by atoms with Crippen LogP contribution in [0, 0.1) is 5.92 Å². The van der Waals surface area contributed by atoms with Crippen molar-refractivity contribution in [2.24, 2.45) is 5.92 Å². The third-order valence-electron chi connectivity index (χ3n) is 3.03. The average Bonchev–Trinajstić information content (AvgIpc) is 2.28. The first-order chi connectivity index (χ1) is 8.04. The first kappa shape index (κ1) is 14.4. The number of likely N-dealkylation sites (N-methyl/N-ethyl adjacent to an activating group) is 1. The molecule has 0 aromatic rings. The van der Waals surface area contributed by atoms with Crippen LogP contribution in [-0.2, 0) is 14.3 Å². The second kappa shape index (κ2) is 6.93. The van der Waals surface area contributed by atoms with Gasteiger partial charge in [-0.25, -0.2) is 0 Å². The van der Waals surface area contributed by atoms with Crippen molar-refractivity contribution in [1.29, 1.82) is 0 Å². The zero-order valence-corrected chi connectivity index (χ0v) is 11.2. The van der Waals surface area contributed by atoms with Crippen LogP contribution in [0.1, 0.15) is 13.8 Å². The molecule has 2 atom stereocenters. The van der Waals surface area contributed by atoms with E-state index in [9.17, 15) is 4.79 Å². The summed E-state index contributed by atoms with van der Waals surface area (Å²) in [5.41, 5.74) is 0. The van der Waals surface area contributed by atoms with Gasteiger partial charge in [-0.1, -0.05) is 13.8 Å².